The first-order valence-corrected chi connectivity index (χ1v) is 17.3. The molecule has 9 nitrogen and oxygen atoms in total. The van der Waals surface area contributed by atoms with Crippen molar-refractivity contribution in [2.75, 3.05) is 44.8 Å². The third-order valence-corrected chi connectivity index (χ3v) is 10.9. The van der Waals surface area contributed by atoms with Gasteiger partial charge in [-0.3, -0.25) is 4.90 Å². The maximum atomic E-state index is 17.4. The van der Waals surface area contributed by atoms with Crippen LogP contribution < -0.4 is 15.0 Å². The largest absolute Gasteiger partial charge is 0.508 e. The van der Waals surface area contributed by atoms with Crippen molar-refractivity contribution in [3.63, 3.8) is 0 Å². The van der Waals surface area contributed by atoms with Gasteiger partial charge in [-0.25, -0.2) is 18.2 Å². The van der Waals surface area contributed by atoms with Gasteiger partial charge in [0, 0.05) is 61.6 Å². The van der Waals surface area contributed by atoms with E-state index in [2.05, 4.69) is 21.0 Å². The molecule has 2 aromatic heterocycles. The van der Waals surface area contributed by atoms with Crippen LogP contribution in [0.1, 0.15) is 56.7 Å². The number of allylic oxidation sites excluding steroid dienone is 1. The zero-order valence-corrected chi connectivity index (χ0v) is 28.1. The Balaban J connectivity index is 1.38. The van der Waals surface area contributed by atoms with E-state index in [4.69, 9.17) is 30.8 Å². The summed E-state index contributed by atoms with van der Waals surface area (Å²) in [6.07, 6.45) is 11.2. The van der Waals surface area contributed by atoms with Crippen LogP contribution in [-0.2, 0) is 4.74 Å². The Morgan fingerprint density at radius 1 is 1.14 bits per heavy atom. The number of ether oxygens (including phenoxy) is 2. The number of terminal acetylenes is 1. The molecule has 0 radical (unpaired) electrons. The standard InChI is InChI=1S/C38H39F3N6O3/c1-4-26(49-3)15-30-32-35(33(41)34(43-30)28-14-25(48)13-21-7-10-29(40)27(5-2)31(21)28)44-37(45-36(32)46-18-23-8-9-24(19-46)42-23)50-20-38-11-6-12-47(38)17-22(39)16-38/h2,7,10,13-15,22-24,42,48H,4,6,8-9,11-12,16-20H2,1,3H3/b26-15+/t22-,23?,24?,38+/m1/s1. The van der Waals surface area contributed by atoms with E-state index in [9.17, 15) is 9.50 Å². The van der Waals surface area contributed by atoms with Gasteiger partial charge >= 0.3 is 6.01 Å². The number of nitrogens with zero attached hydrogens (tertiary/aromatic N) is 5. The van der Waals surface area contributed by atoms with Gasteiger partial charge in [0.05, 0.1) is 35.1 Å². The summed E-state index contributed by atoms with van der Waals surface area (Å²) in [6, 6.07) is 5.94. The molecular formula is C38H39F3N6O3. The van der Waals surface area contributed by atoms with Crippen molar-refractivity contribution in [2.45, 2.75) is 69.2 Å². The van der Waals surface area contributed by atoms with Crippen LogP contribution in [-0.4, -0.2) is 88.6 Å². The number of phenols is 1. The van der Waals surface area contributed by atoms with E-state index in [1.54, 1.807) is 13.2 Å². The van der Waals surface area contributed by atoms with Crippen molar-refractivity contribution in [3.05, 3.63) is 52.9 Å². The molecule has 2 N–H and O–H groups in total. The second kappa shape index (κ2) is 12.6. The Bertz CT molecular complexity index is 2070. The number of pyridine rings is 1. The lowest BCUT2D eigenvalue weighted by Gasteiger charge is -2.35. The second-order valence-electron chi connectivity index (χ2n) is 13.9. The van der Waals surface area contributed by atoms with Crippen molar-refractivity contribution in [3.8, 4) is 35.4 Å². The van der Waals surface area contributed by atoms with Gasteiger partial charge < -0.3 is 24.8 Å². The van der Waals surface area contributed by atoms with Crippen LogP contribution >= 0.6 is 0 Å². The number of hydrogen-bond acceptors (Lipinski definition) is 9. The van der Waals surface area contributed by atoms with E-state index >= 15 is 8.78 Å². The van der Waals surface area contributed by atoms with Gasteiger partial charge in [0.1, 0.15) is 41.4 Å². The van der Waals surface area contributed by atoms with Crippen LogP contribution in [0.3, 0.4) is 0 Å². The molecule has 2 bridgehead atoms. The van der Waals surface area contributed by atoms with Crippen molar-refractivity contribution >= 4 is 33.6 Å². The average molecular weight is 685 g/mol. The highest BCUT2D eigenvalue weighted by Crippen LogP contribution is 2.43. The fourth-order valence-corrected chi connectivity index (χ4v) is 8.57. The molecule has 4 saturated heterocycles. The maximum absolute atomic E-state index is 17.4. The van der Waals surface area contributed by atoms with Crippen molar-refractivity contribution < 1.29 is 27.8 Å². The van der Waals surface area contributed by atoms with E-state index in [1.807, 2.05) is 6.92 Å². The molecule has 8 rings (SSSR count). The number of benzene rings is 2. The molecule has 4 atom stereocenters. The molecule has 260 valence electrons. The maximum Gasteiger partial charge on any atom is 0.319 e. The number of rotatable bonds is 8. The number of nitrogens with one attached hydrogen (secondary N) is 1. The van der Waals surface area contributed by atoms with Crippen LogP contribution in [0, 0.1) is 24.0 Å². The number of alkyl halides is 1. The Morgan fingerprint density at radius 2 is 1.94 bits per heavy atom. The lowest BCUT2D eigenvalue weighted by molar-refractivity contribution is 0.107. The topological polar surface area (TPSA) is 95.9 Å². The fraction of sp³-hybridized carbons (Fsp3) is 0.447. The van der Waals surface area contributed by atoms with Crippen LogP contribution in [0.5, 0.6) is 11.8 Å². The molecule has 50 heavy (non-hydrogen) atoms. The number of piperazine rings is 1. The number of aromatic nitrogens is 3. The van der Waals surface area contributed by atoms with E-state index in [0.29, 0.717) is 60.5 Å². The summed E-state index contributed by atoms with van der Waals surface area (Å²) in [6.45, 7) is 4.55. The molecular weight excluding hydrogens is 645 g/mol. The summed E-state index contributed by atoms with van der Waals surface area (Å²) < 4.78 is 59.1. The van der Waals surface area contributed by atoms with Gasteiger partial charge in [-0.05, 0) is 55.8 Å². The Morgan fingerprint density at radius 3 is 2.68 bits per heavy atom. The third kappa shape index (κ3) is 5.47. The van der Waals surface area contributed by atoms with E-state index < -0.39 is 23.3 Å². The van der Waals surface area contributed by atoms with E-state index in [0.717, 1.165) is 32.2 Å². The molecule has 4 aliphatic heterocycles. The van der Waals surface area contributed by atoms with Gasteiger partial charge in [0.25, 0.3) is 0 Å². The zero-order valence-electron chi connectivity index (χ0n) is 28.1. The van der Waals surface area contributed by atoms with Gasteiger partial charge in [0.2, 0.25) is 0 Å². The smallest absolute Gasteiger partial charge is 0.319 e. The molecule has 4 aromatic rings. The van der Waals surface area contributed by atoms with Gasteiger partial charge in [0.15, 0.2) is 5.82 Å². The Labute approximate surface area is 288 Å². The minimum atomic E-state index is -0.938. The van der Waals surface area contributed by atoms with Crippen LogP contribution in [0.4, 0.5) is 19.0 Å². The Kier molecular flexibility index (Phi) is 8.23. The molecule has 0 amide bonds. The monoisotopic (exact) mass is 684 g/mol. The summed E-state index contributed by atoms with van der Waals surface area (Å²) in [5.41, 5.74) is -0.314. The second-order valence-corrected chi connectivity index (χ2v) is 13.9. The van der Waals surface area contributed by atoms with E-state index in [-0.39, 0.29) is 58.2 Å². The van der Waals surface area contributed by atoms with E-state index in [1.165, 1.54) is 24.3 Å². The number of fused-ring (bicyclic) bond motifs is 5. The average Bonchev–Trinajstić information content (AvgIpc) is 3.76. The summed E-state index contributed by atoms with van der Waals surface area (Å²) in [5.74, 6) is 1.84. The summed E-state index contributed by atoms with van der Waals surface area (Å²) >= 11 is 0. The molecule has 4 aliphatic rings. The van der Waals surface area contributed by atoms with Crippen molar-refractivity contribution in [1.82, 2.24) is 25.2 Å². The number of halogens is 3. The summed E-state index contributed by atoms with van der Waals surface area (Å²) in [5, 5.41) is 15.4. The lowest BCUT2D eigenvalue weighted by atomic mass is 9.95. The minimum absolute atomic E-state index is 0.0218. The fourth-order valence-electron chi connectivity index (χ4n) is 8.57. The Hall–Kier alpha value is -4.60. The predicted octanol–water partition coefficient (Wildman–Crippen LogP) is 6.10. The third-order valence-electron chi connectivity index (χ3n) is 10.9. The van der Waals surface area contributed by atoms with Crippen molar-refractivity contribution in [2.24, 2.45) is 0 Å². The molecule has 0 spiro atoms. The first-order valence-electron chi connectivity index (χ1n) is 17.3. The molecule has 0 aliphatic carbocycles. The van der Waals surface area contributed by atoms with Gasteiger partial charge in [-0.1, -0.05) is 18.9 Å². The number of methoxy groups -OCH3 is 1. The minimum Gasteiger partial charge on any atom is -0.508 e. The highest BCUT2D eigenvalue weighted by molar-refractivity contribution is 6.04. The van der Waals surface area contributed by atoms with Crippen LogP contribution in [0.2, 0.25) is 0 Å². The molecule has 2 aromatic carbocycles. The highest BCUT2D eigenvalue weighted by atomic mass is 19.1. The number of phenolic OH excluding ortho intramolecular Hbond substituents is 1. The van der Waals surface area contributed by atoms with Crippen molar-refractivity contribution in [1.29, 1.82) is 0 Å². The predicted molar refractivity (Wildman–Crippen MR) is 186 cm³/mol. The van der Waals surface area contributed by atoms with Gasteiger partial charge in [-0.15, -0.1) is 6.42 Å². The molecule has 2 unspecified atom stereocenters. The molecule has 4 fully saturated rings. The first kappa shape index (κ1) is 32.6. The number of aromatic hydroxyl groups is 1. The lowest BCUT2D eigenvalue weighted by Crippen LogP contribution is -2.51. The molecule has 6 heterocycles. The quantitative estimate of drug-likeness (QED) is 0.169. The highest BCUT2D eigenvalue weighted by Gasteiger charge is 2.49. The normalized spacial score (nSPS) is 25.0. The van der Waals surface area contributed by atoms with Gasteiger partial charge in [-0.2, -0.15) is 9.97 Å². The molecule has 0 saturated carbocycles. The number of hydrogen-bond donors (Lipinski definition) is 2. The summed E-state index contributed by atoms with van der Waals surface area (Å²) in [7, 11) is 1.56. The summed E-state index contributed by atoms with van der Waals surface area (Å²) in [4.78, 5) is 18.8. The van der Waals surface area contributed by atoms with Crippen LogP contribution in [0.25, 0.3) is 39.0 Å². The number of anilines is 1. The molecule has 12 heteroatoms. The zero-order chi connectivity index (χ0) is 34.7. The SMILES string of the molecule is C#Cc1c(F)ccc2cc(O)cc(-c3nc(/C=C(\CC)OC)c4c(N5CC6CCC(C5)N6)nc(OC[C@@]56CCCN5C[C@H](F)C6)nc4c3F)c12. The van der Waals surface area contributed by atoms with Crippen LogP contribution in [0.15, 0.2) is 30.0 Å². The first-order chi connectivity index (χ1) is 24.2.